The lowest BCUT2D eigenvalue weighted by Gasteiger charge is -2.34. The molecule has 1 aromatic carbocycles. The minimum absolute atomic E-state index is 0.711. The summed E-state index contributed by atoms with van der Waals surface area (Å²) in [6.45, 7) is 8.07. The maximum atomic E-state index is 4.49. The molecule has 0 aliphatic carbocycles. The molecule has 0 spiro atoms. The van der Waals surface area contributed by atoms with Crippen molar-refractivity contribution < 1.29 is 0 Å². The molecular weight excluding hydrogens is 380 g/mol. The van der Waals surface area contributed by atoms with Crippen LogP contribution in [0.25, 0.3) is 11.4 Å². The summed E-state index contributed by atoms with van der Waals surface area (Å²) in [5, 5.41) is 15.0. The Morgan fingerprint density at radius 3 is 2.31 bits per heavy atom. The lowest BCUT2D eigenvalue weighted by Crippen LogP contribution is -2.47. The van der Waals surface area contributed by atoms with Crippen molar-refractivity contribution in [3.8, 4) is 11.4 Å². The van der Waals surface area contributed by atoms with Gasteiger partial charge in [0.15, 0.2) is 0 Å². The molecule has 0 bridgehead atoms. The van der Waals surface area contributed by atoms with Crippen molar-refractivity contribution in [3.05, 3.63) is 52.7 Å². The predicted molar refractivity (Wildman–Crippen MR) is 118 cm³/mol. The van der Waals surface area contributed by atoms with E-state index >= 15 is 0 Å². The van der Waals surface area contributed by atoms with Crippen LogP contribution in [-0.2, 0) is 13.0 Å². The molecule has 7 heteroatoms. The van der Waals surface area contributed by atoms with Crippen LogP contribution in [0.5, 0.6) is 0 Å². The largest absolute Gasteiger partial charge is 0.301 e. The Morgan fingerprint density at radius 1 is 0.793 bits per heavy atom. The second-order valence-corrected chi connectivity index (χ2v) is 8.68. The molecule has 0 saturated carbocycles. The molecule has 4 rings (SSSR count). The lowest BCUT2D eigenvalue weighted by molar-refractivity contribution is 0.132. The highest BCUT2D eigenvalue weighted by Gasteiger charge is 2.16. The van der Waals surface area contributed by atoms with E-state index in [1.54, 1.807) is 4.80 Å². The van der Waals surface area contributed by atoms with Gasteiger partial charge in [-0.2, -0.15) is 4.80 Å². The predicted octanol–water partition coefficient (Wildman–Crippen LogP) is 3.43. The van der Waals surface area contributed by atoms with Gasteiger partial charge in [-0.25, -0.2) is 0 Å². The number of tetrazole rings is 1. The lowest BCUT2D eigenvalue weighted by atomic mass is 10.2. The second kappa shape index (κ2) is 10.6. The molecule has 0 unspecified atom stereocenters. The van der Waals surface area contributed by atoms with Crippen LogP contribution in [0, 0.1) is 0 Å². The molecule has 6 nitrogen and oxygen atoms in total. The fourth-order valence-corrected chi connectivity index (χ4v) is 4.46. The first-order valence-electron chi connectivity index (χ1n) is 10.7. The summed E-state index contributed by atoms with van der Waals surface area (Å²) in [7, 11) is 0. The van der Waals surface area contributed by atoms with Gasteiger partial charge >= 0.3 is 0 Å². The standard InChI is InChI=1S/C22H30N6S/c1-3-8-20(9-4-1)22-23-25-28(24-22)13-6-2-5-12-26-15-17-27(18-16-26)14-11-21-10-7-19-29-21/h1,3-4,7-10,19H,2,5-6,11-18H2. The number of piperazine rings is 1. The summed E-state index contributed by atoms with van der Waals surface area (Å²) in [5.41, 5.74) is 1.02. The molecule has 3 heterocycles. The van der Waals surface area contributed by atoms with Crippen LogP contribution in [0.4, 0.5) is 0 Å². The van der Waals surface area contributed by atoms with Crippen LogP contribution in [0.2, 0.25) is 0 Å². The monoisotopic (exact) mass is 410 g/mol. The Hall–Kier alpha value is -2.09. The second-order valence-electron chi connectivity index (χ2n) is 7.65. The van der Waals surface area contributed by atoms with Crippen molar-refractivity contribution in [3.63, 3.8) is 0 Å². The van der Waals surface area contributed by atoms with Gasteiger partial charge in [-0.1, -0.05) is 42.8 Å². The summed E-state index contributed by atoms with van der Waals surface area (Å²) in [6, 6.07) is 14.4. The Bertz CT molecular complexity index is 824. The highest BCUT2D eigenvalue weighted by atomic mass is 32.1. The summed E-state index contributed by atoms with van der Waals surface area (Å²) in [5.74, 6) is 0.711. The van der Waals surface area contributed by atoms with E-state index in [0.717, 1.165) is 18.5 Å². The topological polar surface area (TPSA) is 50.1 Å². The number of aryl methyl sites for hydroxylation is 1. The van der Waals surface area contributed by atoms with Crippen LogP contribution in [0.1, 0.15) is 24.1 Å². The Kier molecular flexibility index (Phi) is 7.39. The maximum absolute atomic E-state index is 4.49. The van der Waals surface area contributed by atoms with Crippen LogP contribution in [-0.4, -0.2) is 69.3 Å². The van der Waals surface area contributed by atoms with Crippen molar-refractivity contribution in [2.75, 3.05) is 39.3 Å². The van der Waals surface area contributed by atoms with Gasteiger partial charge in [0.05, 0.1) is 6.54 Å². The Labute approximate surface area is 177 Å². The number of hydrogen-bond donors (Lipinski definition) is 0. The van der Waals surface area contributed by atoms with Crippen LogP contribution in [0.15, 0.2) is 47.8 Å². The Morgan fingerprint density at radius 2 is 1.55 bits per heavy atom. The number of thiophene rings is 1. The van der Waals surface area contributed by atoms with Gasteiger partial charge < -0.3 is 9.80 Å². The fraction of sp³-hybridized carbons (Fsp3) is 0.500. The summed E-state index contributed by atoms with van der Waals surface area (Å²) in [6.07, 6.45) is 4.75. The van der Waals surface area contributed by atoms with Crippen molar-refractivity contribution >= 4 is 11.3 Å². The van der Waals surface area contributed by atoms with Gasteiger partial charge in [-0.3, -0.25) is 0 Å². The minimum Gasteiger partial charge on any atom is -0.301 e. The van der Waals surface area contributed by atoms with E-state index in [-0.39, 0.29) is 0 Å². The number of nitrogens with zero attached hydrogens (tertiary/aromatic N) is 6. The molecular formula is C22H30N6S. The number of benzene rings is 1. The molecule has 0 N–H and O–H groups in total. The number of rotatable bonds is 10. The average Bonchev–Trinajstić information content (AvgIpc) is 3.46. The first-order chi connectivity index (χ1) is 14.4. The first kappa shape index (κ1) is 20.2. The molecule has 0 radical (unpaired) electrons. The summed E-state index contributed by atoms with van der Waals surface area (Å²) in [4.78, 5) is 8.46. The van der Waals surface area contributed by atoms with Gasteiger partial charge in [0, 0.05) is 43.2 Å². The van der Waals surface area contributed by atoms with E-state index in [1.807, 2.05) is 41.7 Å². The molecule has 29 heavy (non-hydrogen) atoms. The summed E-state index contributed by atoms with van der Waals surface area (Å²) < 4.78 is 0. The molecule has 0 atom stereocenters. The van der Waals surface area contributed by atoms with Gasteiger partial charge in [0.2, 0.25) is 5.82 Å². The molecule has 1 aliphatic rings. The molecule has 154 valence electrons. The SMILES string of the molecule is c1ccc(-c2nnn(CCCCCN3CCN(CCc4cccs4)CC3)n2)cc1. The molecule has 1 fully saturated rings. The van der Waals surface area contributed by atoms with E-state index in [0.29, 0.717) is 5.82 Å². The van der Waals surface area contributed by atoms with Crippen molar-refractivity contribution in [1.29, 1.82) is 0 Å². The minimum atomic E-state index is 0.711. The summed E-state index contributed by atoms with van der Waals surface area (Å²) >= 11 is 1.87. The molecule has 1 aliphatic heterocycles. The zero-order valence-corrected chi connectivity index (χ0v) is 17.8. The zero-order chi connectivity index (χ0) is 19.7. The van der Waals surface area contributed by atoms with Gasteiger partial charge in [0.25, 0.3) is 0 Å². The Balaban J connectivity index is 1.07. The van der Waals surface area contributed by atoms with E-state index in [9.17, 15) is 0 Å². The van der Waals surface area contributed by atoms with Crippen LogP contribution in [0.3, 0.4) is 0 Å². The quantitative estimate of drug-likeness (QED) is 0.479. The van der Waals surface area contributed by atoms with Crippen molar-refractivity contribution in [1.82, 2.24) is 30.0 Å². The van der Waals surface area contributed by atoms with E-state index in [4.69, 9.17) is 0 Å². The normalized spacial score (nSPS) is 15.7. The van der Waals surface area contributed by atoms with Crippen LogP contribution < -0.4 is 0 Å². The fourth-order valence-electron chi connectivity index (χ4n) is 3.77. The molecule has 1 saturated heterocycles. The maximum Gasteiger partial charge on any atom is 0.204 e. The highest BCUT2D eigenvalue weighted by molar-refractivity contribution is 7.09. The third-order valence-corrected chi connectivity index (χ3v) is 6.47. The third-order valence-electron chi connectivity index (χ3n) is 5.54. The van der Waals surface area contributed by atoms with Crippen molar-refractivity contribution in [2.24, 2.45) is 0 Å². The third kappa shape index (κ3) is 6.19. The van der Waals surface area contributed by atoms with Gasteiger partial charge in [0.1, 0.15) is 0 Å². The smallest absolute Gasteiger partial charge is 0.204 e. The number of unbranched alkanes of at least 4 members (excludes halogenated alkanes) is 2. The highest BCUT2D eigenvalue weighted by Crippen LogP contribution is 2.13. The number of hydrogen-bond acceptors (Lipinski definition) is 6. The van der Waals surface area contributed by atoms with E-state index < -0.39 is 0 Å². The average molecular weight is 411 g/mol. The number of aromatic nitrogens is 4. The van der Waals surface area contributed by atoms with E-state index in [2.05, 4.69) is 42.7 Å². The van der Waals surface area contributed by atoms with Gasteiger partial charge in [-0.05, 0) is 42.5 Å². The zero-order valence-electron chi connectivity index (χ0n) is 17.0. The molecule has 2 aromatic heterocycles. The van der Waals surface area contributed by atoms with E-state index in [1.165, 1.54) is 63.4 Å². The van der Waals surface area contributed by atoms with Crippen molar-refractivity contribution in [2.45, 2.75) is 32.2 Å². The first-order valence-corrected chi connectivity index (χ1v) is 11.5. The molecule has 0 amide bonds. The van der Waals surface area contributed by atoms with Crippen LogP contribution >= 0.6 is 11.3 Å². The molecule has 3 aromatic rings. The van der Waals surface area contributed by atoms with Gasteiger partial charge in [-0.15, -0.1) is 21.5 Å².